The Kier molecular flexibility index (Phi) is 9.47. The topological polar surface area (TPSA) is 6.48 Å². The lowest BCUT2D eigenvalue weighted by Crippen LogP contribution is -2.14. The van der Waals surface area contributed by atoms with Gasteiger partial charge in [-0.15, -0.1) is 0 Å². The van der Waals surface area contributed by atoms with Crippen LogP contribution in [0, 0.1) is 0 Å². The zero-order valence-corrected chi connectivity index (χ0v) is 35.8. The minimum Gasteiger partial charge on any atom is -0.310 e. The van der Waals surface area contributed by atoms with Gasteiger partial charge in [-0.05, 0) is 127 Å². The van der Waals surface area contributed by atoms with Crippen molar-refractivity contribution < 1.29 is 0 Å². The quantitative estimate of drug-likeness (QED) is 0.150. The summed E-state index contributed by atoms with van der Waals surface area (Å²) in [5.74, 6) is 0.467. The Hall–Kier alpha value is -5.60. The Labute approximate surface area is 341 Å². The van der Waals surface area contributed by atoms with E-state index in [0.717, 1.165) is 22.7 Å². The van der Waals surface area contributed by atoms with Gasteiger partial charge in [-0.25, -0.2) is 0 Å². The zero-order valence-electron chi connectivity index (χ0n) is 35.8. The third-order valence-electron chi connectivity index (χ3n) is 11.9. The molecule has 57 heavy (non-hydrogen) atoms. The van der Waals surface area contributed by atoms with E-state index in [0.29, 0.717) is 5.92 Å². The van der Waals surface area contributed by atoms with Crippen molar-refractivity contribution in [3.05, 3.63) is 168 Å². The molecule has 0 radical (unpaired) electrons. The second-order valence-corrected chi connectivity index (χ2v) is 19.4. The summed E-state index contributed by atoms with van der Waals surface area (Å²) >= 11 is 0. The minimum absolute atomic E-state index is 0.0708. The van der Waals surface area contributed by atoms with Gasteiger partial charge in [0.15, 0.2) is 0 Å². The van der Waals surface area contributed by atoms with Crippen molar-refractivity contribution in [2.24, 2.45) is 0 Å². The highest BCUT2D eigenvalue weighted by Crippen LogP contribution is 2.48. The van der Waals surface area contributed by atoms with Gasteiger partial charge < -0.3 is 9.80 Å². The summed E-state index contributed by atoms with van der Waals surface area (Å²) in [6.45, 7) is 25.0. The molecule has 8 aromatic rings. The molecule has 0 aliphatic heterocycles. The van der Waals surface area contributed by atoms with E-state index in [1.807, 2.05) is 0 Å². The van der Waals surface area contributed by atoms with Crippen LogP contribution in [0.5, 0.6) is 0 Å². The van der Waals surface area contributed by atoms with E-state index >= 15 is 0 Å². The van der Waals surface area contributed by atoms with E-state index < -0.39 is 0 Å². The fourth-order valence-electron chi connectivity index (χ4n) is 8.35. The van der Waals surface area contributed by atoms with E-state index in [9.17, 15) is 0 Å². The van der Waals surface area contributed by atoms with Crippen LogP contribution in [0.25, 0.3) is 32.3 Å². The lowest BCUT2D eigenvalue weighted by molar-refractivity contribution is 0.590. The highest BCUT2D eigenvalue weighted by molar-refractivity contribution is 6.28. The molecule has 0 fully saturated rings. The summed E-state index contributed by atoms with van der Waals surface area (Å²) in [7, 11) is 0. The molecular weight excluding hydrogens is 689 g/mol. The molecule has 0 amide bonds. The van der Waals surface area contributed by atoms with E-state index in [1.165, 1.54) is 65.9 Å². The maximum atomic E-state index is 2.45. The van der Waals surface area contributed by atoms with E-state index in [-0.39, 0.29) is 16.2 Å². The van der Waals surface area contributed by atoms with Crippen LogP contribution in [-0.2, 0) is 16.2 Å². The number of hydrogen-bond donors (Lipinski definition) is 0. The molecule has 2 heteroatoms. The molecule has 0 aliphatic carbocycles. The predicted molar refractivity (Wildman–Crippen MR) is 250 cm³/mol. The summed E-state index contributed by atoms with van der Waals surface area (Å²) in [4.78, 5) is 4.90. The van der Waals surface area contributed by atoms with Gasteiger partial charge in [0, 0.05) is 33.5 Å². The molecule has 288 valence electrons. The predicted octanol–water partition coefficient (Wildman–Crippen LogP) is 16.5. The summed E-state index contributed by atoms with van der Waals surface area (Å²) in [5, 5.41) is 7.57. The number of hydrogen-bond acceptors (Lipinski definition) is 2. The first-order chi connectivity index (χ1) is 27.0. The number of benzene rings is 8. The Bertz CT molecular complexity index is 2600. The van der Waals surface area contributed by atoms with Crippen molar-refractivity contribution in [3.63, 3.8) is 0 Å². The molecule has 0 atom stereocenters. The van der Waals surface area contributed by atoms with E-state index in [1.54, 1.807) is 0 Å². The van der Waals surface area contributed by atoms with Crippen LogP contribution in [-0.4, -0.2) is 0 Å². The highest BCUT2D eigenvalue weighted by Gasteiger charge is 2.24. The van der Waals surface area contributed by atoms with E-state index in [4.69, 9.17) is 0 Å². The van der Waals surface area contributed by atoms with Crippen LogP contribution in [0.4, 0.5) is 34.1 Å². The van der Waals surface area contributed by atoms with E-state index in [2.05, 4.69) is 232 Å². The van der Waals surface area contributed by atoms with Crippen LogP contribution in [0.15, 0.2) is 146 Å². The molecule has 2 nitrogen and oxygen atoms in total. The monoisotopic (exact) mass is 746 g/mol. The van der Waals surface area contributed by atoms with Crippen molar-refractivity contribution in [3.8, 4) is 0 Å². The normalized spacial score (nSPS) is 12.6. The van der Waals surface area contributed by atoms with Crippen LogP contribution >= 0.6 is 0 Å². The third kappa shape index (κ3) is 7.16. The number of rotatable bonds is 7. The fourth-order valence-corrected chi connectivity index (χ4v) is 8.35. The van der Waals surface area contributed by atoms with Gasteiger partial charge in [0.05, 0.1) is 11.4 Å². The number of nitrogens with zero attached hydrogens (tertiary/aromatic N) is 2. The summed E-state index contributed by atoms with van der Waals surface area (Å²) < 4.78 is 0. The summed E-state index contributed by atoms with van der Waals surface area (Å²) in [6, 6.07) is 55.3. The second-order valence-electron chi connectivity index (χ2n) is 19.4. The van der Waals surface area contributed by atoms with Gasteiger partial charge in [0.2, 0.25) is 0 Å². The summed E-state index contributed by atoms with van der Waals surface area (Å²) in [6.07, 6.45) is 0. The molecule has 0 spiro atoms. The number of anilines is 6. The smallest absolute Gasteiger partial charge is 0.0540 e. The Morgan fingerprint density at radius 1 is 0.333 bits per heavy atom. The van der Waals surface area contributed by atoms with Gasteiger partial charge in [-0.1, -0.05) is 161 Å². The molecule has 0 saturated carbocycles. The first-order valence-electron chi connectivity index (χ1n) is 20.7. The first-order valence-corrected chi connectivity index (χ1v) is 20.7. The molecule has 0 heterocycles. The molecule has 8 rings (SSSR count). The molecular formula is C55H58N2. The first kappa shape index (κ1) is 38.3. The molecule has 0 N–H and O–H groups in total. The third-order valence-corrected chi connectivity index (χ3v) is 11.9. The van der Waals surface area contributed by atoms with Crippen LogP contribution in [0.1, 0.15) is 104 Å². The van der Waals surface area contributed by atoms with Gasteiger partial charge in [-0.3, -0.25) is 0 Å². The second kappa shape index (κ2) is 14.1. The Balaban J connectivity index is 1.35. The molecule has 0 aromatic heterocycles. The summed E-state index contributed by atoms with van der Waals surface area (Å²) in [5.41, 5.74) is 12.5. The minimum atomic E-state index is 0.0708. The Morgan fingerprint density at radius 3 is 0.895 bits per heavy atom. The van der Waals surface area contributed by atoms with Crippen molar-refractivity contribution in [1.82, 2.24) is 0 Å². The molecule has 8 aromatic carbocycles. The van der Waals surface area contributed by atoms with Gasteiger partial charge >= 0.3 is 0 Å². The molecule has 0 aliphatic rings. The lowest BCUT2D eigenvalue weighted by Gasteiger charge is -2.30. The van der Waals surface area contributed by atoms with Gasteiger partial charge in [-0.2, -0.15) is 0 Å². The fraction of sp³-hybridized carbons (Fsp3) is 0.273. The average molecular weight is 747 g/mol. The molecule has 0 bridgehead atoms. The van der Waals surface area contributed by atoms with Crippen LogP contribution in [0.3, 0.4) is 0 Å². The maximum absolute atomic E-state index is 2.45. The van der Waals surface area contributed by atoms with Crippen LogP contribution < -0.4 is 9.80 Å². The standard InChI is InChI=1S/C55H58N2/c1-36(2)37-12-24-43(25-13-37)56(44-26-18-40(19-27-44)53(3,4)5)49-34-16-38-15-33-48-50(35-17-39-14-32-47(49)51(38)52(39)48)57(45-28-20-41(21-29-45)54(6,7)8)46-30-22-42(23-31-46)55(9,10)11/h12-36H,1-11H3. The highest BCUT2D eigenvalue weighted by atomic mass is 15.1. The largest absolute Gasteiger partial charge is 0.310 e. The van der Waals surface area contributed by atoms with Crippen molar-refractivity contribution in [2.45, 2.75) is 98.3 Å². The maximum Gasteiger partial charge on any atom is 0.0540 e. The molecule has 0 saturated heterocycles. The Morgan fingerprint density at radius 2 is 0.614 bits per heavy atom. The van der Waals surface area contributed by atoms with Gasteiger partial charge in [0.1, 0.15) is 0 Å². The van der Waals surface area contributed by atoms with Crippen molar-refractivity contribution >= 4 is 66.4 Å². The SMILES string of the molecule is CC(C)c1ccc(N(c2ccc(C(C)(C)C)cc2)c2ccc3ccc4c(N(c5ccc(C(C)(C)C)cc5)c5ccc(C(C)(C)C)cc5)ccc5ccc2c3c54)cc1. The molecule has 0 unspecified atom stereocenters. The lowest BCUT2D eigenvalue weighted by atomic mass is 9.86. The average Bonchev–Trinajstić information content (AvgIpc) is 3.18. The van der Waals surface area contributed by atoms with Crippen molar-refractivity contribution in [1.29, 1.82) is 0 Å². The van der Waals surface area contributed by atoms with Crippen LogP contribution in [0.2, 0.25) is 0 Å². The van der Waals surface area contributed by atoms with Gasteiger partial charge in [0.25, 0.3) is 0 Å². The zero-order chi connectivity index (χ0) is 40.4. The van der Waals surface area contributed by atoms with Crippen molar-refractivity contribution in [2.75, 3.05) is 9.80 Å².